The van der Waals surface area contributed by atoms with E-state index in [1.54, 1.807) is 0 Å². The maximum Gasteiger partial charge on any atom is 0.136 e. The van der Waals surface area contributed by atoms with Crippen molar-refractivity contribution < 1.29 is 0 Å². The van der Waals surface area contributed by atoms with Crippen LogP contribution >= 0.6 is 0 Å². The van der Waals surface area contributed by atoms with Gasteiger partial charge in [0.2, 0.25) is 0 Å². The third-order valence-electron chi connectivity index (χ3n) is 4.89. The number of hydrogen-bond acceptors (Lipinski definition) is 4. The van der Waals surface area contributed by atoms with Gasteiger partial charge in [0, 0.05) is 36.4 Å². The lowest BCUT2D eigenvalue weighted by Crippen LogP contribution is -2.35. The smallest absolute Gasteiger partial charge is 0.136 e. The van der Waals surface area contributed by atoms with E-state index in [9.17, 15) is 0 Å². The van der Waals surface area contributed by atoms with Gasteiger partial charge in [0.1, 0.15) is 5.82 Å². The lowest BCUT2D eigenvalue weighted by atomic mass is 10.1. The highest BCUT2D eigenvalue weighted by Crippen LogP contribution is 2.30. The first kappa shape index (κ1) is 12.9. The normalized spacial score (nSPS) is 23.2. The SMILES string of the molecule is Nc1ccc2ccnc(N3CCC(N4CCCC4)C3)c2c1. The van der Waals surface area contributed by atoms with Crippen molar-refractivity contribution in [3.63, 3.8) is 0 Å². The second-order valence-electron chi connectivity index (χ2n) is 6.25. The zero-order chi connectivity index (χ0) is 14.2. The van der Waals surface area contributed by atoms with Crippen molar-refractivity contribution in [3.8, 4) is 0 Å². The van der Waals surface area contributed by atoms with E-state index in [0.717, 1.165) is 24.6 Å². The molecule has 1 atom stereocenters. The van der Waals surface area contributed by atoms with E-state index in [0.29, 0.717) is 6.04 Å². The number of rotatable bonds is 2. The highest BCUT2D eigenvalue weighted by Gasteiger charge is 2.30. The van der Waals surface area contributed by atoms with Crippen LogP contribution in [-0.4, -0.2) is 42.1 Å². The Bertz CT molecular complexity index is 648. The summed E-state index contributed by atoms with van der Waals surface area (Å²) in [6.07, 6.45) is 5.89. The van der Waals surface area contributed by atoms with Gasteiger partial charge in [-0.25, -0.2) is 4.98 Å². The zero-order valence-corrected chi connectivity index (χ0v) is 12.3. The molecule has 2 fully saturated rings. The van der Waals surface area contributed by atoms with Crippen LogP contribution in [-0.2, 0) is 0 Å². The number of hydrogen-bond donors (Lipinski definition) is 1. The van der Waals surface area contributed by atoms with Crippen molar-refractivity contribution >= 4 is 22.3 Å². The summed E-state index contributed by atoms with van der Waals surface area (Å²) in [7, 11) is 0. The number of likely N-dealkylation sites (tertiary alicyclic amines) is 1. The van der Waals surface area contributed by atoms with E-state index in [1.165, 1.54) is 43.1 Å². The van der Waals surface area contributed by atoms with Crippen LogP contribution in [0.3, 0.4) is 0 Å². The number of anilines is 2. The molecule has 4 nitrogen and oxygen atoms in total. The Morgan fingerprint density at radius 3 is 2.81 bits per heavy atom. The molecule has 2 saturated heterocycles. The summed E-state index contributed by atoms with van der Waals surface area (Å²) in [5.41, 5.74) is 6.78. The van der Waals surface area contributed by atoms with E-state index in [2.05, 4.69) is 33.0 Å². The molecule has 4 rings (SSSR count). The van der Waals surface area contributed by atoms with E-state index < -0.39 is 0 Å². The van der Waals surface area contributed by atoms with Gasteiger partial charge in [0.25, 0.3) is 0 Å². The Morgan fingerprint density at radius 1 is 1.10 bits per heavy atom. The molecular formula is C17H22N4. The molecule has 2 N–H and O–H groups in total. The Kier molecular flexibility index (Phi) is 3.19. The van der Waals surface area contributed by atoms with E-state index in [1.807, 2.05) is 12.3 Å². The van der Waals surface area contributed by atoms with Crippen molar-refractivity contribution in [2.45, 2.75) is 25.3 Å². The van der Waals surface area contributed by atoms with Crippen molar-refractivity contribution in [1.82, 2.24) is 9.88 Å². The Hall–Kier alpha value is -1.81. The van der Waals surface area contributed by atoms with E-state index >= 15 is 0 Å². The molecule has 0 aliphatic carbocycles. The topological polar surface area (TPSA) is 45.4 Å². The molecule has 21 heavy (non-hydrogen) atoms. The molecule has 3 heterocycles. The number of nitrogens with zero attached hydrogens (tertiary/aromatic N) is 3. The minimum absolute atomic E-state index is 0.700. The summed E-state index contributed by atoms with van der Waals surface area (Å²) < 4.78 is 0. The van der Waals surface area contributed by atoms with Gasteiger partial charge in [-0.1, -0.05) is 6.07 Å². The van der Waals surface area contributed by atoms with Gasteiger partial charge >= 0.3 is 0 Å². The van der Waals surface area contributed by atoms with E-state index in [-0.39, 0.29) is 0 Å². The predicted molar refractivity (Wildman–Crippen MR) is 87.6 cm³/mol. The second kappa shape index (κ2) is 5.19. The first-order valence-electron chi connectivity index (χ1n) is 7.94. The summed E-state index contributed by atoms with van der Waals surface area (Å²) in [6, 6.07) is 8.87. The molecule has 0 saturated carbocycles. The maximum absolute atomic E-state index is 5.96. The number of benzene rings is 1. The number of pyridine rings is 1. The lowest BCUT2D eigenvalue weighted by Gasteiger charge is -2.24. The summed E-state index contributed by atoms with van der Waals surface area (Å²) in [6.45, 7) is 4.74. The first-order valence-corrected chi connectivity index (χ1v) is 7.94. The quantitative estimate of drug-likeness (QED) is 0.860. The lowest BCUT2D eigenvalue weighted by molar-refractivity contribution is 0.260. The molecule has 2 aliphatic rings. The standard InChI is InChI=1S/C17H22N4/c18-14-4-3-13-5-7-19-17(16(13)11-14)21-10-6-15(12-21)20-8-1-2-9-20/h3-5,7,11,15H,1-2,6,8-10,12,18H2. The second-order valence-corrected chi connectivity index (χ2v) is 6.25. The first-order chi connectivity index (χ1) is 10.3. The predicted octanol–water partition coefficient (Wildman–Crippen LogP) is 2.49. The van der Waals surface area contributed by atoms with Crippen LogP contribution in [0, 0.1) is 0 Å². The number of nitrogen functional groups attached to an aromatic ring is 1. The summed E-state index contributed by atoms with van der Waals surface area (Å²) in [5.74, 6) is 1.10. The van der Waals surface area contributed by atoms with Crippen molar-refractivity contribution in [1.29, 1.82) is 0 Å². The van der Waals surface area contributed by atoms with Crippen LogP contribution in [0.4, 0.5) is 11.5 Å². The van der Waals surface area contributed by atoms with Gasteiger partial charge in [0.15, 0.2) is 0 Å². The highest BCUT2D eigenvalue weighted by atomic mass is 15.3. The van der Waals surface area contributed by atoms with Gasteiger partial charge in [-0.15, -0.1) is 0 Å². The average Bonchev–Trinajstić information content (AvgIpc) is 3.17. The summed E-state index contributed by atoms with van der Waals surface area (Å²) >= 11 is 0. The van der Waals surface area contributed by atoms with Crippen LogP contribution in [0.25, 0.3) is 10.8 Å². The fraction of sp³-hybridized carbons (Fsp3) is 0.471. The molecule has 2 aromatic rings. The van der Waals surface area contributed by atoms with Crippen molar-refractivity contribution in [2.75, 3.05) is 36.8 Å². The number of nitrogens with two attached hydrogens (primary N) is 1. The maximum atomic E-state index is 5.96. The third kappa shape index (κ3) is 2.33. The highest BCUT2D eigenvalue weighted by molar-refractivity contribution is 5.94. The van der Waals surface area contributed by atoms with Gasteiger partial charge in [-0.3, -0.25) is 4.90 Å². The third-order valence-corrected chi connectivity index (χ3v) is 4.89. The molecular weight excluding hydrogens is 260 g/mol. The van der Waals surface area contributed by atoms with Crippen LogP contribution in [0.5, 0.6) is 0 Å². The number of fused-ring (bicyclic) bond motifs is 1. The molecule has 0 spiro atoms. The molecule has 4 heteroatoms. The molecule has 0 bridgehead atoms. The Balaban J connectivity index is 1.63. The van der Waals surface area contributed by atoms with Crippen LogP contribution in [0.2, 0.25) is 0 Å². The molecule has 1 unspecified atom stereocenters. The largest absolute Gasteiger partial charge is 0.399 e. The van der Waals surface area contributed by atoms with E-state index in [4.69, 9.17) is 5.73 Å². The van der Waals surface area contributed by atoms with Crippen LogP contribution < -0.4 is 10.6 Å². The molecule has 2 aliphatic heterocycles. The van der Waals surface area contributed by atoms with Crippen LogP contribution in [0.15, 0.2) is 30.5 Å². The minimum atomic E-state index is 0.700. The number of aromatic nitrogens is 1. The van der Waals surface area contributed by atoms with Crippen LogP contribution in [0.1, 0.15) is 19.3 Å². The molecule has 1 aromatic carbocycles. The molecule has 1 aromatic heterocycles. The minimum Gasteiger partial charge on any atom is -0.399 e. The monoisotopic (exact) mass is 282 g/mol. The van der Waals surface area contributed by atoms with Crippen molar-refractivity contribution in [2.24, 2.45) is 0 Å². The summed E-state index contributed by atoms with van der Waals surface area (Å²) in [4.78, 5) is 9.73. The van der Waals surface area contributed by atoms with Gasteiger partial charge in [-0.05, 0) is 55.9 Å². The van der Waals surface area contributed by atoms with Gasteiger partial charge in [0.05, 0.1) is 0 Å². The average molecular weight is 282 g/mol. The van der Waals surface area contributed by atoms with Gasteiger partial charge < -0.3 is 10.6 Å². The van der Waals surface area contributed by atoms with Gasteiger partial charge in [-0.2, -0.15) is 0 Å². The Labute approximate surface area is 125 Å². The fourth-order valence-electron chi connectivity index (χ4n) is 3.76. The summed E-state index contributed by atoms with van der Waals surface area (Å²) in [5, 5.41) is 2.40. The Morgan fingerprint density at radius 2 is 1.95 bits per heavy atom. The molecule has 0 amide bonds. The molecule has 0 radical (unpaired) electrons. The fourth-order valence-corrected chi connectivity index (χ4v) is 3.76. The van der Waals surface area contributed by atoms with Crippen molar-refractivity contribution in [3.05, 3.63) is 30.5 Å². The molecule has 110 valence electrons. The zero-order valence-electron chi connectivity index (χ0n) is 12.3.